The van der Waals surface area contributed by atoms with Crippen LogP contribution in [0.15, 0.2) is 30.3 Å². The van der Waals surface area contributed by atoms with E-state index >= 15 is 0 Å². The molecular formula is C15H22N2S. The average molecular weight is 262 g/mol. The highest BCUT2D eigenvalue weighted by atomic mass is 32.1. The van der Waals surface area contributed by atoms with Crippen LogP contribution in [0.5, 0.6) is 0 Å². The molecule has 2 nitrogen and oxygen atoms in total. The second kappa shape index (κ2) is 5.83. The smallest absolute Gasteiger partial charge is 0.0346 e. The van der Waals surface area contributed by atoms with Crippen LogP contribution in [0.3, 0.4) is 0 Å². The summed E-state index contributed by atoms with van der Waals surface area (Å²) in [6, 6.07) is 10.8. The molecule has 0 bridgehead atoms. The standard InChI is InChI=1S/C15H22N2S/c1-15(2,3)17-9-8-16-11-13-10-12-6-4-5-7-14(12)18-13/h4-7,10,16-17H,8-9,11H2,1-3H3. The number of hydrogen-bond acceptors (Lipinski definition) is 3. The van der Waals surface area contributed by atoms with E-state index < -0.39 is 0 Å². The normalized spacial score (nSPS) is 12.2. The molecular weight excluding hydrogens is 240 g/mol. The SMILES string of the molecule is CC(C)(C)NCCNCc1cc2ccccc2s1. The molecule has 0 spiro atoms. The molecule has 0 aliphatic carbocycles. The van der Waals surface area contributed by atoms with Gasteiger partial charge in [0.15, 0.2) is 0 Å². The minimum absolute atomic E-state index is 0.208. The fraction of sp³-hybridized carbons (Fsp3) is 0.467. The Labute approximate surface area is 113 Å². The van der Waals surface area contributed by atoms with Gasteiger partial charge in [-0.2, -0.15) is 0 Å². The highest BCUT2D eigenvalue weighted by molar-refractivity contribution is 7.19. The molecule has 1 heterocycles. The van der Waals surface area contributed by atoms with Crippen molar-refractivity contribution >= 4 is 21.4 Å². The van der Waals surface area contributed by atoms with Crippen LogP contribution >= 0.6 is 11.3 Å². The van der Waals surface area contributed by atoms with Gasteiger partial charge in [0.1, 0.15) is 0 Å². The predicted octanol–water partition coefficient (Wildman–Crippen LogP) is 3.38. The molecule has 2 aromatic rings. The Balaban J connectivity index is 1.77. The van der Waals surface area contributed by atoms with Crippen LogP contribution < -0.4 is 10.6 Å². The van der Waals surface area contributed by atoms with Crippen molar-refractivity contribution in [2.75, 3.05) is 13.1 Å². The molecule has 18 heavy (non-hydrogen) atoms. The second-order valence-electron chi connectivity index (χ2n) is 5.60. The van der Waals surface area contributed by atoms with Gasteiger partial charge in [0.25, 0.3) is 0 Å². The van der Waals surface area contributed by atoms with Crippen LogP contribution in [0, 0.1) is 0 Å². The molecule has 0 aliphatic heterocycles. The van der Waals surface area contributed by atoms with Gasteiger partial charge in [-0.05, 0) is 38.3 Å². The lowest BCUT2D eigenvalue weighted by Gasteiger charge is -2.20. The van der Waals surface area contributed by atoms with E-state index in [9.17, 15) is 0 Å². The van der Waals surface area contributed by atoms with E-state index in [-0.39, 0.29) is 5.54 Å². The zero-order chi connectivity index (χ0) is 13.0. The Morgan fingerprint density at radius 1 is 1.11 bits per heavy atom. The minimum Gasteiger partial charge on any atom is -0.311 e. The lowest BCUT2D eigenvalue weighted by molar-refractivity contribution is 0.422. The van der Waals surface area contributed by atoms with Gasteiger partial charge in [0.05, 0.1) is 0 Å². The Morgan fingerprint density at radius 3 is 2.61 bits per heavy atom. The molecule has 0 atom stereocenters. The summed E-state index contributed by atoms with van der Waals surface area (Å²) in [5.74, 6) is 0. The summed E-state index contributed by atoms with van der Waals surface area (Å²) < 4.78 is 1.38. The average Bonchev–Trinajstić information content (AvgIpc) is 2.69. The third-order valence-electron chi connectivity index (χ3n) is 2.73. The molecule has 0 radical (unpaired) electrons. The van der Waals surface area contributed by atoms with Gasteiger partial charge in [-0.3, -0.25) is 0 Å². The molecule has 3 heteroatoms. The molecule has 2 rings (SSSR count). The number of nitrogens with one attached hydrogen (secondary N) is 2. The molecule has 0 saturated carbocycles. The molecule has 2 N–H and O–H groups in total. The highest BCUT2D eigenvalue weighted by Crippen LogP contribution is 2.24. The molecule has 0 fully saturated rings. The van der Waals surface area contributed by atoms with E-state index in [1.54, 1.807) is 0 Å². The van der Waals surface area contributed by atoms with Crippen molar-refractivity contribution in [1.29, 1.82) is 0 Å². The van der Waals surface area contributed by atoms with E-state index in [2.05, 4.69) is 61.7 Å². The van der Waals surface area contributed by atoms with Crippen molar-refractivity contribution in [2.45, 2.75) is 32.9 Å². The van der Waals surface area contributed by atoms with Crippen molar-refractivity contribution in [3.05, 3.63) is 35.2 Å². The van der Waals surface area contributed by atoms with Crippen LogP contribution in [-0.2, 0) is 6.54 Å². The summed E-state index contributed by atoms with van der Waals surface area (Å²) in [5.41, 5.74) is 0.208. The van der Waals surface area contributed by atoms with E-state index in [0.717, 1.165) is 19.6 Å². The van der Waals surface area contributed by atoms with Crippen LogP contribution in [-0.4, -0.2) is 18.6 Å². The second-order valence-corrected chi connectivity index (χ2v) is 6.77. The quantitative estimate of drug-likeness (QED) is 0.807. The van der Waals surface area contributed by atoms with Crippen molar-refractivity contribution in [3.63, 3.8) is 0 Å². The first kappa shape index (κ1) is 13.5. The highest BCUT2D eigenvalue weighted by Gasteiger charge is 2.07. The van der Waals surface area contributed by atoms with E-state index in [4.69, 9.17) is 0 Å². The summed E-state index contributed by atoms with van der Waals surface area (Å²) in [6.45, 7) is 9.56. The molecule has 1 aromatic heterocycles. The predicted molar refractivity (Wildman–Crippen MR) is 81.3 cm³/mol. The number of thiophene rings is 1. The Kier molecular flexibility index (Phi) is 4.38. The van der Waals surface area contributed by atoms with Gasteiger partial charge in [-0.15, -0.1) is 11.3 Å². The minimum atomic E-state index is 0.208. The van der Waals surface area contributed by atoms with E-state index in [0.29, 0.717) is 0 Å². The maximum Gasteiger partial charge on any atom is 0.0346 e. The Bertz CT molecular complexity index is 463. The maximum absolute atomic E-state index is 3.48. The fourth-order valence-electron chi connectivity index (χ4n) is 1.86. The third kappa shape index (κ3) is 4.09. The maximum atomic E-state index is 3.48. The van der Waals surface area contributed by atoms with Gasteiger partial charge < -0.3 is 10.6 Å². The first-order valence-electron chi connectivity index (χ1n) is 6.48. The van der Waals surface area contributed by atoms with Crippen LogP contribution in [0.2, 0.25) is 0 Å². The van der Waals surface area contributed by atoms with Gasteiger partial charge >= 0.3 is 0 Å². The van der Waals surface area contributed by atoms with Crippen LogP contribution in [0.4, 0.5) is 0 Å². The van der Waals surface area contributed by atoms with E-state index in [1.165, 1.54) is 15.0 Å². The lowest BCUT2D eigenvalue weighted by Crippen LogP contribution is -2.40. The monoisotopic (exact) mass is 262 g/mol. The van der Waals surface area contributed by atoms with Gasteiger partial charge in [0.2, 0.25) is 0 Å². The number of fused-ring (bicyclic) bond motifs is 1. The van der Waals surface area contributed by atoms with Crippen LogP contribution in [0.25, 0.3) is 10.1 Å². The van der Waals surface area contributed by atoms with E-state index in [1.807, 2.05) is 11.3 Å². The van der Waals surface area contributed by atoms with Crippen molar-refractivity contribution < 1.29 is 0 Å². The van der Waals surface area contributed by atoms with Crippen molar-refractivity contribution in [3.8, 4) is 0 Å². The molecule has 1 aromatic carbocycles. The summed E-state index contributed by atoms with van der Waals surface area (Å²) in [6.07, 6.45) is 0. The first-order chi connectivity index (χ1) is 8.54. The van der Waals surface area contributed by atoms with Gasteiger partial charge in [0, 0.05) is 34.8 Å². The van der Waals surface area contributed by atoms with Gasteiger partial charge in [-0.1, -0.05) is 18.2 Å². The summed E-state index contributed by atoms with van der Waals surface area (Å²) >= 11 is 1.88. The summed E-state index contributed by atoms with van der Waals surface area (Å²) in [5, 5.41) is 8.31. The zero-order valence-corrected chi connectivity index (χ0v) is 12.2. The van der Waals surface area contributed by atoms with Gasteiger partial charge in [-0.25, -0.2) is 0 Å². The Morgan fingerprint density at radius 2 is 1.89 bits per heavy atom. The summed E-state index contributed by atoms with van der Waals surface area (Å²) in [4.78, 5) is 1.41. The van der Waals surface area contributed by atoms with Crippen LogP contribution in [0.1, 0.15) is 25.6 Å². The summed E-state index contributed by atoms with van der Waals surface area (Å²) in [7, 11) is 0. The van der Waals surface area contributed by atoms with Crippen molar-refractivity contribution in [1.82, 2.24) is 10.6 Å². The lowest BCUT2D eigenvalue weighted by atomic mass is 10.1. The third-order valence-corrected chi connectivity index (χ3v) is 3.85. The molecule has 0 saturated heterocycles. The number of hydrogen-bond donors (Lipinski definition) is 2. The Hall–Kier alpha value is -0.900. The molecule has 0 amide bonds. The molecule has 98 valence electrons. The first-order valence-corrected chi connectivity index (χ1v) is 7.29. The zero-order valence-electron chi connectivity index (χ0n) is 11.4. The van der Waals surface area contributed by atoms with Crippen molar-refractivity contribution in [2.24, 2.45) is 0 Å². The largest absolute Gasteiger partial charge is 0.311 e. The number of rotatable bonds is 5. The topological polar surface area (TPSA) is 24.1 Å². The number of benzene rings is 1. The fourth-order valence-corrected chi connectivity index (χ4v) is 2.90. The molecule has 0 aliphatic rings. The molecule has 0 unspecified atom stereocenters.